The smallest absolute Gasteiger partial charge is 0.254 e. The normalized spacial score (nSPS) is 29.3. The van der Waals surface area contributed by atoms with Gasteiger partial charge in [0.25, 0.3) is 5.91 Å². The van der Waals surface area contributed by atoms with E-state index in [1.54, 1.807) is 12.1 Å². The molecule has 2 unspecified atom stereocenters. The van der Waals surface area contributed by atoms with Gasteiger partial charge >= 0.3 is 0 Å². The number of phenolic OH excluding ortho intramolecular Hbond substituents is 1. The number of carbonyl (C=O) groups excluding carboxylic acids is 1. The second-order valence-electron chi connectivity index (χ2n) is 5.82. The Balaban J connectivity index is 1.79. The van der Waals surface area contributed by atoms with Crippen molar-refractivity contribution in [3.63, 3.8) is 0 Å². The van der Waals surface area contributed by atoms with Crippen molar-refractivity contribution in [1.82, 2.24) is 4.90 Å². The molecule has 0 radical (unpaired) electrons. The third kappa shape index (κ3) is 2.44. The average molecular weight is 340 g/mol. The first-order valence-corrected chi connectivity index (χ1v) is 7.81. The third-order valence-electron chi connectivity index (χ3n) is 4.51. The maximum Gasteiger partial charge on any atom is 0.254 e. The number of fused-ring (bicyclic) bond motifs is 2. The van der Waals surface area contributed by atoms with Crippen molar-refractivity contribution in [1.29, 1.82) is 0 Å². The molecule has 2 N–H and O–H groups in total. The lowest BCUT2D eigenvalue weighted by Gasteiger charge is -2.45. The molecule has 20 heavy (non-hydrogen) atoms. The summed E-state index contributed by atoms with van der Waals surface area (Å²) in [6.45, 7) is 1.24. The Kier molecular flexibility index (Phi) is 3.73. The molecule has 1 saturated heterocycles. The van der Waals surface area contributed by atoms with Gasteiger partial charge in [-0.3, -0.25) is 4.79 Å². The van der Waals surface area contributed by atoms with Crippen molar-refractivity contribution in [2.75, 3.05) is 13.1 Å². The highest BCUT2D eigenvalue weighted by atomic mass is 79.9. The quantitative estimate of drug-likeness (QED) is 0.825. The highest BCUT2D eigenvalue weighted by Gasteiger charge is 2.39. The fraction of sp³-hybridized carbons (Fsp3) is 0.533. The van der Waals surface area contributed by atoms with Gasteiger partial charge in [0.05, 0.1) is 10.6 Å². The topological polar surface area (TPSA) is 60.8 Å². The Hall–Kier alpha value is -1.07. The Bertz CT molecular complexity index is 520. The Labute approximate surface area is 126 Å². The number of likely N-dealkylation sites (tertiary alicyclic amines) is 1. The summed E-state index contributed by atoms with van der Waals surface area (Å²) in [6, 6.07) is 4.89. The van der Waals surface area contributed by atoms with E-state index in [0.29, 0.717) is 23.1 Å². The molecule has 108 valence electrons. The van der Waals surface area contributed by atoms with Gasteiger partial charge in [0.1, 0.15) is 5.75 Å². The van der Waals surface area contributed by atoms with E-state index in [2.05, 4.69) is 15.9 Å². The monoisotopic (exact) mass is 339 g/mol. The highest BCUT2D eigenvalue weighted by molar-refractivity contribution is 9.10. The lowest BCUT2D eigenvalue weighted by atomic mass is 9.75. The molecule has 0 spiro atoms. The summed E-state index contributed by atoms with van der Waals surface area (Å²) in [4.78, 5) is 14.3. The first-order valence-electron chi connectivity index (χ1n) is 7.02. The predicted molar refractivity (Wildman–Crippen MR) is 78.5 cm³/mol. The molecule has 1 aliphatic heterocycles. The number of aliphatic hydroxyl groups excluding tert-OH is 1. The van der Waals surface area contributed by atoms with Gasteiger partial charge in [-0.15, -0.1) is 0 Å². The van der Waals surface area contributed by atoms with Gasteiger partial charge < -0.3 is 15.1 Å². The molecule has 3 rings (SSSR count). The lowest BCUT2D eigenvalue weighted by molar-refractivity contribution is -0.0413. The first kappa shape index (κ1) is 13.9. The van der Waals surface area contributed by atoms with Gasteiger partial charge in [0.15, 0.2) is 0 Å². The van der Waals surface area contributed by atoms with E-state index in [0.717, 1.165) is 19.3 Å². The zero-order valence-electron chi connectivity index (χ0n) is 11.1. The molecule has 2 bridgehead atoms. The number of hydrogen-bond acceptors (Lipinski definition) is 3. The summed E-state index contributed by atoms with van der Waals surface area (Å²) < 4.78 is 0.583. The zero-order valence-corrected chi connectivity index (χ0v) is 12.7. The van der Waals surface area contributed by atoms with Crippen LogP contribution in [0.15, 0.2) is 22.7 Å². The molecule has 0 aromatic heterocycles. The lowest BCUT2D eigenvalue weighted by Crippen LogP contribution is -2.53. The van der Waals surface area contributed by atoms with Crippen LogP contribution in [-0.4, -0.2) is 40.2 Å². The molecule has 1 heterocycles. The van der Waals surface area contributed by atoms with E-state index in [1.807, 2.05) is 4.90 Å². The summed E-state index contributed by atoms with van der Waals surface area (Å²) in [7, 11) is 0. The number of nitrogens with zero attached hydrogens (tertiary/aromatic N) is 1. The van der Waals surface area contributed by atoms with E-state index < -0.39 is 0 Å². The standard InChI is InChI=1S/C15H18BrNO3/c16-12-5-4-9(6-13(12)18)15(20)17-7-10-2-1-3-11(8-17)14(10)19/h4-6,10-11,14,18-19H,1-3,7-8H2. The van der Waals surface area contributed by atoms with Crippen LogP contribution in [-0.2, 0) is 0 Å². The molecule has 1 aliphatic carbocycles. The molecule has 4 nitrogen and oxygen atoms in total. The highest BCUT2D eigenvalue weighted by Crippen LogP contribution is 2.35. The van der Waals surface area contributed by atoms with Crippen LogP contribution in [0, 0.1) is 11.8 Å². The molecule has 1 amide bonds. The average Bonchev–Trinajstić information content (AvgIpc) is 2.41. The third-order valence-corrected chi connectivity index (χ3v) is 5.18. The van der Waals surface area contributed by atoms with E-state index in [4.69, 9.17) is 0 Å². The van der Waals surface area contributed by atoms with Crippen molar-refractivity contribution in [3.8, 4) is 5.75 Å². The predicted octanol–water partition coefficient (Wildman–Crippen LogP) is 2.39. The van der Waals surface area contributed by atoms with Crippen molar-refractivity contribution < 1.29 is 15.0 Å². The van der Waals surface area contributed by atoms with E-state index in [9.17, 15) is 15.0 Å². The fourth-order valence-corrected chi connectivity index (χ4v) is 3.65. The maximum atomic E-state index is 12.5. The molecule has 2 fully saturated rings. The van der Waals surface area contributed by atoms with Crippen molar-refractivity contribution in [2.45, 2.75) is 25.4 Å². The second-order valence-corrected chi connectivity index (χ2v) is 6.67. The number of amides is 1. The number of aromatic hydroxyl groups is 1. The molecular formula is C15H18BrNO3. The number of piperidine rings is 1. The van der Waals surface area contributed by atoms with Crippen LogP contribution >= 0.6 is 15.9 Å². The van der Waals surface area contributed by atoms with Crippen LogP contribution in [0.1, 0.15) is 29.6 Å². The van der Waals surface area contributed by atoms with Gasteiger partial charge in [0, 0.05) is 30.5 Å². The summed E-state index contributed by atoms with van der Waals surface area (Å²) in [5, 5.41) is 19.8. The SMILES string of the molecule is O=C(c1ccc(Br)c(O)c1)N1CC2CCCC(C1)C2O. The van der Waals surface area contributed by atoms with Crippen molar-refractivity contribution >= 4 is 21.8 Å². The van der Waals surface area contributed by atoms with Crippen molar-refractivity contribution in [3.05, 3.63) is 28.2 Å². The van der Waals surface area contributed by atoms with Crippen molar-refractivity contribution in [2.24, 2.45) is 11.8 Å². The van der Waals surface area contributed by atoms with Gasteiger partial charge in [-0.25, -0.2) is 0 Å². The summed E-state index contributed by atoms with van der Waals surface area (Å²) in [5.74, 6) is 0.427. The molecule has 1 aromatic carbocycles. The minimum Gasteiger partial charge on any atom is -0.507 e. The molecule has 1 saturated carbocycles. The van der Waals surface area contributed by atoms with Crippen LogP contribution in [0.25, 0.3) is 0 Å². The fourth-order valence-electron chi connectivity index (χ4n) is 3.40. The number of aliphatic hydroxyl groups is 1. The number of halogens is 1. The number of carbonyl (C=O) groups is 1. The minimum atomic E-state index is -0.258. The van der Waals surface area contributed by atoms with Gasteiger partial charge in [-0.2, -0.15) is 0 Å². The van der Waals surface area contributed by atoms with Crippen LogP contribution in [0.2, 0.25) is 0 Å². The molecule has 2 atom stereocenters. The van der Waals surface area contributed by atoms with Gasteiger partial charge in [-0.1, -0.05) is 6.42 Å². The van der Waals surface area contributed by atoms with Crippen LogP contribution in [0.4, 0.5) is 0 Å². The van der Waals surface area contributed by atoms with Gasteiger partial charge in [0.2, 0.25) is 0 Å². The van der Waals surface area contributed by atoms with E-state index in [-0.39, 0.29) is 29.6 Å². The summed E-state index contributed by atoms with van der Waals surface area (Å²) in [5.41, 5.74) is 0.500. The Morgan fingerprint density at radius 3 is 2.50 bits per heavy atom. The van der Waals surface area contributed by atoms with E-state index in [1.165, 1.54) is 6.07 Å². The van der Waals surface area contributed by atoms with E-state index >= 15 is 0 Å². The Morgan fingerprint density at radius 2 is 1.90 bits per heavy atom. The molecular weight excluding hydrogens is 322 g/mol. The molecule has 2 aliphatic rings. The van der Waals surface area contributed by atoms with Crippen LogP contribution in [0.5, 0.6) is 5.75 Å². The maximum absolute atomic E-state index is 12.5. The first-order chi connectivity index (χ1) is 9.56. The minimum absolute atomic E-state index is 0.0587. The number of benzene rings is 1. The number of phenols is 1. The second kappa shape index (κ2) is 5.37. The zero-order chi connectivity index (χ0) is 14.3. The summed E-state index contributed by atoms with van der Waals surface area (Å²) >= 11 is 3.21. The number of rotatable bonds is 1. The van der Waals surface area contributed by atoms with Crippen LogP contribution < -0.4 is 0 Å². The van der Waals surface area contributed by atoms with Gasteiger partial charge in [-0.05, 0) is 47.0 Å². The van der Waals surface area contributed by atoms with Crippen LogP contribution in [0.3, 0.4) is 0 Å². The largest absolute Gasteiger partial charge is 0.507 e. The molecule has 5 heteroatoms. The molecule has 1 aromatic rings. The number of hydrogen-bond donors (Lipinski definition) is 2. The Morgan fingerprint density at radius 1 is 1.25 bits per heavy atom. The summed E-state index contributed by atoms with van der Waals surface area (Å²) in [6.07, 6.45) is 2.87.